The van der Waals surface area contributed by atoms with Gasteiger partial charge in [0, 0.05) is 12.5 Å². The van der Waals surface area contributed by atoms with Gasteiger partial charge in [-0.1, -0.05) is 66.7 Å². The number of benzene rings is 3. The van der Waals surface area contributed by atoms with Crippen molar-refractivity contribution in [2.45, 2.75) is 25.2 Å². The van der Waals surface area contributed by atoms with E-state index in [-0.39, 0.29) is 18.7 Å². The third-order valence-electron chi connectivity index (χ3n) is 6.38. The lowest BCUT2D eigenvalue weighted by Gasteiger charge is -2.21. The van der Waals surface area contributed by atoms with E-state index in [9.17, 15) is 14.7 Å². The zero-order valence-electron chi connectivity index (χ0n) is 22.1. The molecule has 0 spiro atoms. The molecule has 0 unspecified atom stereocenters. The van der Waals surface area contributed by atoms with Crippen LogP contribution in [0.15, 0.2) is 104 Å². The first-order chi connectivity index (χ1) is 19.4. The predicted molar refractivity (Wildman–Crippen MR) is 151 cm³/mol. The fourth-order valence-corrected chi connectivity index (χ4v) is 4.17. The first-order valence-corrected chi connectivity index (χ1v) is 12.7. The quantitative estimate of drug-likeness (QED) is 0.223. The summed E-state index contributed by atoms with van der Waals surface area (Å²) in [4.78, 5) is 25.3. The highest BCUT2D eigenvalue weighted by Gasteiger charge is 2.31. The lowest BCUT2D eigenvalue weighted by atomic mass is 9.97. The van der Waals surface area contributed by atoms with Crippen LogP contribution in [0.2, 0.25) is 0 Å². The lowest BCUT2D eigenvalue weighted by Crippen LogP contribution is -2.48. The SMILES string of the molecule is C=C[C@H](C(=O)N[C@@H](Cc1ccccc1)C(N)=O)[C@H](O)c1cc(OCc2ccc(OC)cc2)n(-c2ccccc2)n1. The van der Waals surface area contributed by atoms with Gasteiger partial charge in [0.2, 0.25) is 17.7 Å². The Kier molecular flexibility index (Phi) is 9.32. The Morgan fingerprint density at radius 3 is 2.27 bits per heavy atom. The maximum Gasteiger partial charge on any atom is 0.240 e. The van der Waals surface area contributed by atoms with Gasteiger partial charge in [0.15, 0.2) is 0 Å². The lowest BCUT2D eigenvalue weighted by molar-refractivity contribution is -0.131. The number of carbonyl (C=O) groups is 2. The van der Waals surface area contributed by atoms with E-state index in [1.165, 1.54) is 6.08 Å². The number of nitrogens with one attached hydrogen (secondary N) is 1. The first kappa shape index (κ1) is 28.1. The standard InChI is InChI=1S/C31H32N4O5/c1-3-25(31(38)33-27(30(32)37)18-21-10-6-4-7-11-21)29(36)26-19-28(35(34-26)23-12-8-5-9-13-23)40-20-22-14-16-24(39-2)17-15-22/h3-17,19,25,27,29,36H,1,18,20H2,2H3,(H2,32,37)(H,33,38)/t25-,27-,29-/m0/s1. The molecule has 2 amide bonds. The van der Waals surface area contributed by atoms with Crippen molar-refractivity contribution in [2.24, 2.45) is 11.7 Å². The fraction of sp³-hybridized carbons (Fsp3) is 0.194. The number of aliphatic hydroxyl groups is 1. The molecule has 4 aromatic rings. The topological polar surface area (TPSA) is 129 Å². The van der Waals surface area contributed by atoms with Gasteiger partial charge in [0.05, 0.1) is 24.4 Å². The maximum atomic E-state index is 13.2. The Morgan fingerprint density at radius 1 is 1.02 bits per heavy atom. The van der Waals surface area contributed by atoms with Gasteiger partial charge in [0.1, 0.15) is 24.5 Å². The molecule has 40 heavy (non-hydrogen) atoms. The second-order valence-corrected chi connectivity index (χ2v) is 9.15. The zero-order valence-corrected chi connectivity index (χ0v) is 22.1. The van der Waals surface area contributed by atoms with Crippen LogP contribution in [0.1, 0.15) is 22.9 Å². The molecule has 1 aromatic heterocycles. The van der Waals surface area contributed by atoms with Crippen LogP contribution < -0.4 is 20.5 Å². The summed E-state index contributed by atoms with van der Waals surface area (Å²) in [6, 6.07) is 26.6. The molecular formula is C31H32N4O5. The summed E-state index contributed by atoms with van der Waals surface area (Å²) in [7, 11) is 1.60. The van der Waals surface area contributed by atoms with Crippen molar-refractivity contribution >= 4 is 11.8 Å². The number of para-hydroxylation sites is 1. The molecule has 0 saturated heterocycles. The average Bonchev–Trinajstić information content (AvgIpc) is 3.41. The normalized spacial score (nSPS) is 13.1. The molecule has 1 heterocycles. The monoisotopic (exact) mass is 540 g/mol. The van der Waals surface area contributed by atoms with E-state index < -0.39 is 29.9 Å². The minimum absolute atomic E-state index is 0.201. The number of aliphatic hydroxyl groups excluding tert-OH is 1. The van der Waals surface area contributed by atoms with Gasteiger partial charge in [-0.05, 0) is 35.4 Å². The van der Waals surface area contributed by atoms with Crippen LogP contribution >= 0.6 is 0 Å². The van der Waals surface area contributed by atoms with Crippen LogP contribution in [0.4, 0.5) is 0 Å². The Morgan fingerprint density at radius 2 is 1.68 bits per heavy atom. The number of methoxy groups -OCH3 is 1. The van der Waals surface area contributed by atoms with Crippen molar-refractivity contribution in [1.82, 2.24) is 15.1 Å². The number of ether oxygens (including phenoxy) is 2. The minimum Gasteiger partial charge on any atom is -0.497 e. The van der Waals surface area contributed by atoms with Crippen molar-refractivity contribution in [3.63, 3.8) is 0 Å². The number of nitrogens with zero attached hydrogens (tertiary/aromatic N) is 2. The van der Waals surface area contributed by atoms with E-state index >= 15 is 0 Å². The summed E-state index contributed by atoms with van der Waals surface area (Å²) in [5, 5.41) is 18.4. The van der Waals surface area contributed by atoms with E-state index in [0.29, 0.717) is 11.6 Å². The third-order valence-corrected chi connectivity index (χ3v) is 6.38. The fourth-order valence-electron chi connectivity index (χ4n) is 4.17. The van der Waals surface area contributed by atoms with Crippen molar-refractivity contribution in [1.29, 1.82) is 0 Å². The molecule has 4 rings (SSSR count). The van der Waals surface area contributed by atoms with Gasteiger partial charge in [0.25, 0.3) is 0 Å². The molecule has 3 aromatic carbocycles. The third kappa shape index (κ3) is 6.95. The van der Waals surface area contributed by atoms with Gasteiger partial charge >= 0.3 is 0 Å². The first-order valence-electron chi connectivity index (χ1n) is 12.7. The van der Waals surface area contributed by atoms with E-state index in [0.717, 1.165) is 16.9 Å². The van der Waals surface area contributed by atoms with Gasteiger partial charge in [-0.3, -0.25) is 9.59 Å². The molecule has 4 N–H and O–H groups in total. The molecule has 0 aliphatic rings. The summed E-state index contributed by atoms with van der Waals surface area (Å²) in [6.45, 7) is 3.97. The molecule has 0 fully saturated rings. The van der Waals surface area contributed by atoms with Crippen LogP contribution in [-0.2, 0) is 22.6 Å². The number of amides is 2. The van der Waals surface area contributed by atoms with E-state index in [1.54, 1.807) is 17.9 Å². The summed E-state index contributed by atoms with van der Waals surface area (Å²) >= 11 is 0. The van der Waals surface area contributed by atoms with Crippen molar-refractivity contribution < 1.29 is 24.2 Å². The Labute approximate surface area is 232 Å². The van der Waals surface area contributed by atoms with Crippen molar-refractivity contribution in [3.8, 4) is 17.3 Å². The summed E-state index contributed by atoms with van der Waals surface area (Å²) < 4.78 is 12.8. The van der Waals surface area contributed by atoms with Crippen LogP contribution in [0.5, 0.6) is 11.6 Å². The molecular weight excluding hydrogens is 508 g/mol. The summed E-state index contributed by atoms with van der Waals surface area (Å²) in [6.07, 6.45) is 0.171. The molecule has 3 atom stereocenters. The molecule has 9 heteroatoms. The molecule has 0 radical (unpaired) electrons. The van der Waals surface area contributed by atoms with Crippen LogP contribution in [-0.4, -0.2) is 39.9 Å². The average molecular weight is 541 g/mol. The van der Waals surface area contributed by atoms with E-state index in [4.69, 9.17) is 15.2 Å². The molecule has 0 saturated carbocycles. The van der Waals surface area contributed by atoms with Gasteiger partial charge in [-0.2, -0.15) is 5.10 Å². The number of hydrogen-bond acceptors (Lipinski definition) is 6. The highest BCUT2D eigenvalue weighted by Crippen LogP contribution is 2.29. The summed E-state index contributed by atoms with van der Waals surface area (Å²) in [5.41, 5.74) is 8.22. The summed E-state index contributed by atoms with van der Waals surface area (Å²) in [5.74, 6) is -1.28. The van der Waals surface area contributed by atoms with Crippen molar-refractivity contribution in [2.75, 3.05) is 7.11 Å². The smallest absolute Gasteiger partial charge is 0.240 e. The maximum absolute atomic E-state index is 13.2. The van der Waals surface area contributed by atoms with Crippen LogP contribution in [0.3, 0.4) is 0 Å². The minimum atomic E-state index is -1.36. The number of nitrogens with two attached hydrogens (primary N) is 1. The van der Waals surface area contributed by atoms with Gasteiger partial charge in [-0.25, -0.2) is 4.68 Å². The molecule has 0 aliphatic heterocycles. The number of carbonyl (C=O) groups excluding carboxylic acids is 2. The van der Waals surface area contributed by atoms with Gasteiger partial charge in [-0.15, -0.1) is 6.58 Å². The predicted octanol–water partition coefficient (Wildman–Crippen LogP) is 3.51. The van der Waals surface area contributed by atoms with Crippen LogP contribution in [0, 0.1) is 5.92 Å². The van der Waals surface area contributed by atoms with Gasteiger partial charge < -0.3 is 25.6 Å². The highest BCUT2D eigenvalue weighted by atomic mass is 16.5. The zero-order chi connectivity index (χ0) is 28.5. The number of hydrogen-bond donors (Lipinski definition) is 3. The Bertz CT molecular complexity index is 1420. The Balaban J connectivity index is 1.55. The number of aromatic nitrogens is 2. The van der Waals surface area contributed by atoms with Crippen molar-refractivity contribution in [3.05, 3.63) is 120 Å². The molecule has 9 nitrogen and oxygen atoms in total. The highest BCUT2D eigenvalue weighted by molar-refractivity contribution is 5.88. The van der Waals surface area contributed by atoms with E-state index in [1.807, 2.05) is 84.9 Å². The molecule has 206 valence electrons. The second-order valence-electron chi connectivity index (χ2n) is 9.15. The van der Waals surface area contributed by atoms with E-state index in [2.05, 4.69) is 17.0 Å². The largest absolute Gasteiger partial charge is 0.497 e. The molecule has 0 aliphatic carbocycles. The number of rotatable bonds is 13. The van der Waals surface area contributed by atoms with Crippen LogP contribution in [0.25, 0.3) is 5.69 Å². The molecule has 0 bridgehead atoms. The second kappa shape index (κ2) is 13.3. The number of primary amides is 1. The Hall–Kier alpha value is -4.89.